The number of nitrogens with zero attached hydrogens (tertiary/aromatic N) is 2. The average Bonchev–Trinajstić information content (AvgIpc) is 2.71. The fraction of sp³-hybridized carbons (Fsp3) is 0.286. The highest BCUT2D eigenvalue weighted by Gasteiger charge is 2.18. The molecular formula is C21H23N3O2S. The molecule has 0 aliphatic rings. The predicted octanol–water partition coefficient (Wildman–Crippen LogP) is 3.62. The summed E-state index contributed by atoms with van der Waals surface area (Å²) in [6.07, 6.45) is 0.889. The van der Waals surface area contributed by atoms with Crippen LogP contribution in [-0.4, -0.2) is 27.8 Å². The van der Waals surface area contributed by atoms with E-state index in [2.05, 4.69) is 10.3 Å². The number of carbonyl (C=O) groups excluding carboxylic acids is 1. The third-order valence-corrected chi connectivity index (χ3v) is 5.30. The Morgan fingerprint density at radius 1 is 1.15 bits per heavy atom. The number of rotatable bonds is 7. The smallest absolute Gasteiger partial charge is 0.262 e. The third-order valence-electron chi connectivity index (χ3n) is 4.35. The molecule has 0 unspecified atom stereocenters. The van der Waals surface area contributed by atoms with E-state index in [1.54, 1.807) is 10.6 Å². The Labute approximate surface area is 162 Å². The molecule has 5 nitrogen and oxygen atoms in total. The van der Waals surface area contributed by atoms with Crippen molar-refractivity contribution in [2.24, 2.45) is 0 Å². The van der Waals surface area contributed by atoms with Gasteiger partial charge in [-0.2, -0.15) is 0 Å². The van der Waals surface area contributed by atoms with Crippen LogP contribution in [-0.2, 0) is 4.79 Å². The number of fused-ring (bicyclic) bond motifs is 1. The zero-order valence-corrected chi connectivity index (χ0v) is 16.3. The Morgan fingerprint density at radius 3 is 2.59 bits per heavy atom. The van der Waals surface area contributed by atoms with Gasteiger partial charge in [0.2, 0.25) is 5.91 Å². The molecule has 0 aliphatic carbocycles. The van der Waals surface area contributed by atoms with Crippen molar-refractivity contribution in [2.75, 3.05) is 12.3 Å². The van der Waals surface area contributed by atoms with Gasteiger partial charge in [-0.15, -0.1) is 0 Å². The van der Waals surface area contributed by atoms with E-state index in [0.717, 1.165) is 12.0 Å². The summed E-state index contributed by atoms with van der Waals surface area (Å²) in [6.45, 7) is 4.64. The van der Waals surface area contributed by atoms with Gasteiger partial charge in [0.1, 0.15) is 0 Å². The van der Waals surface area contributed by atoms with E-state index in [1.807, 2.05) is 62.4 Å². The first kappa shape index (κ1) is 19.2. The molecule has 2 aromatic carbocycles. The molecule has 6 heteroatoms. The second-order valence-electron chi connectivity index (χ2n) is 6.31. The summed E-state index contributed by atoms with van der Waals surface area (Å²) in [5, 5.41) is 4.00. The van der Waals surface area contributed by atoms with Crippen molar-refractivity contribution in [3.05, 3.63) is 70.5 Å². The van der Waals surface area contributed by atoms with Crippen molar-refractivity contribution in [1.29, 1.82) is 0 Å². The molecule has 1 amide bonds. The van der Waals surface area contributed by atoms with E-state index in [4.69, 9.17) is 0 Å². The van der Waals surface area contributed by atoms with Crippen LogP contribution < -0.4 is 10.9 Å². The molecule has 3 aromatic rings. The van der Waals surface area contributed by atoms with Crippen LogP contribution in [0.15, 0.2) is 64.5 Å². The van der Waals surface area contributed by atoms with E-state index in [-0.39, 0.29) is 23.3 Å². The van der Waals surface area contributed by atoms with Gasteiger partial charge < -0.3 is 5.32 Å². The van der Waals surface area contributed by atoms with E-state index >= 15 is 0 Å². The maximum absolute atomic E-state index is 13.2. The zero-order valence-electron chi connectivity index (χ0n) is 15.5. The second kappa shape index (κ2) is 8.86. The predicted molar refractivity (Wildman–Crippen MR) is 110 cm³/mol. The Hall–Kier alpha value is -2.60. The van der Waals surface area contributed by atoms with Crippen molar-refractivity contribution >= 4 is 28.6 Å². The van der Waals surface area contributed by atoms with Gasteiger partial charge in [-0.3, -0.25) is 14.2 Å². The largest absolute Gasteiger partial charge is 0.355 e. The number of carbonyl (C=O) groups is 1. The molecular weight excluding hydrogens is 358 g/mol. The van der Waals surface area contributed by atoms with E-state index in [1.165, 1.54) is 11.8 Å². The van der Waals surface area contributed by atoms with Gasteiger partial charge in [-0.05, 0) is 31.0 Å². The number of amides is 1. The van der Waals surface area contributed by atoms with Crippen molar-refractivity contribution in [2.45, 2.75) is 31.5 Å². The Kier molecular flexibility index (Phi) is 6.29. The first-order valence-corrected chi connectivity index (χ1v) is 10.1. The first-order valence-electron chi connectivity index (χ1n) is 9.07. The summed E-state index contributed by atoms with van der Waals surface area (Å²) in [4.78, 5) is 29.9. The minimum Gasteiger partial charge on any atom is -0.355 e. The van der Waals surface area contributed by atoms with Gasteiger partial charge in [-0.25, -0.2) is 4.98 Å². The first-order chi connectivity index (χ1) is 13.1. The molecule has 140 valence electrons. The highest BCUT2D eigenvalue weighted by Crippen LogP contribution is 2.24. The molecule has 27 heavy (non-hydrogen) atoms. The minimum absolute atomic E-state index is 0.0526. The number of thioether (sulfide) groups is 1. The lowest BCUT2D eigenvalue weighted by Crippen LogP contribution is -2.29. The van der Waals surface area contributed by atoms with Gasteiger partial charge in [0.25, 0.3) is 5.56 Å². The SMILES string of the molecule is CCCNC(=O)CSc1nc2ccccc2c(=O)n1[C@@H](C)c1ccccc1. The number of hydrogen-bond donors (Lipinski definition) is 1. The summed E-state index contributed by atoms with van der Waals surface area (Å²) >= 11 is 1.30. The van der Waals surface area contributed by atoms with E-state index in [0.29, 0.717) is 22.6 Å². The zero-order chi connectivity index (χ0) is 19.2. The Bertz CT molecular complexity index is 986. The van der Waals surface area contributed by atoms with E-state index < -0.39 is 0 Å². The van der Waals surface area contributed by atoms with Crippen LogP contribution >= 0.6 is 11.8 Å². The van der Waals surface area contributed by atoms with Crippen LogP contribution in [0.2, 0.25) is 0 Å². The van der Waals surface area contributed by atoms with Crippen molar-refractivity contribution in [3.8, 4) is 0 Å². The summed E-state index contributed by atoms with van der Waals surface area (Å²) in [5.74, 6) is 0.176. The maximum atomic E-state index is 13.2. The lowest BCUT2D eigenvalue weighted by molar-refractivity contribution is -0.118. The molecule has 0 fully saturated rings. The fourth-order valence-electron chi connectivity index (χ4n) is 2.90. The summed E-state index contributed by atoms with van der Waals surface area (Å²) in [7, 11) is 0. The molecule has 0 aliphatic heterocycles. The van der Waals surface area contributed by atoms with Crippen LogP contribution in [0.3, 0.4) is 0 Å². The van der Waals surface area contributed by atoms with Gasteiger partial charge in [0.15, 0.2) is 5.16 Å². The normalized spacial score (nSPS) is 12.1. The lowest BCUT2D eigenvalue weighted by atomic mass is 10.1. The quantitative estimate of drug-likeness (QED) is 0.501. The fourth-order valence-corrected chi connectivity index (χ4v) is 3.80. The van der Waals surface area contributed by atoms with Crippen molar-refractivity contribution in [3.63, 3.8) is 0 Å². The van der Waals surface area contributed by atoms with Gasteiger partial charge >= 0.3 is 0 Å². The third kappa shape index (κ3) is 4.39. The topological polar surface area (TPSA) is 64.0 Å². The van der Waals surface area contributed by atoms with Gasteiger partial charge in [0.05, 0.1) is 22.7 Å². The summed E-state index contributed by atoms with van der Waals surface area (Å²) in [5.41, 5.74) is 1.58. The van der Waals surface area contributed by atoms with Crippen molar-refractivity contribution < 1.29 is 4.79 Å². The number of para-hydroxylation sites is 1. The Balaban J connectivity index is 2.02. The second-order valence-corrected chi connectivity index (χ2v) is 7.25. The molecule has 0 radical (unpaired) electrons. The number of nitrogens with one attached hydrogen (secondary N) is 1. The monoisotopic (exact) mass is 381 g/mol. The highest BCUT2D eigenvalue weighted by molar-refractivity contribution is 7.99. The average molecular weight is 382 g/mol. The number of benzene rings is 2. The molecule has 1 aromatic heterocycles. The molecule has 1 heterocycles. The van der Waals surface area contributed by atoms with Crippen LogP contribution in [0.5, 0.6) is 0 Å². The van der Waals surface area contributed by atoms with E-state index in [9.17, 15) is 9.59 Å². The molecule has 0 saturated carbocycles. The molecule has 3 rings (SSSR count). The molecule has 0 bridgehead atoms. The molecule has 1 N–H and O–H groups in total. The molecule has 1 atom stereocenters. The summed E-state index contributed by atoms with van der Waals surface area (Å²) < 4.78 is 1.69. The lowest BCUT2D eigenvalue weighted by Gasteiger charge is -2.20. The molecule has 0 spiro atoms. The number of hydrogen-bond acceptors (Lipinski definition) is 4. The minimum atomic E-state index is -0.183. The maximum Gasteiger partial charge on any atom is 0.262 e. The standard InChI is InChI=1S/C21H23N3O2S/c1-3-13-22-19(25)14-27-21-23-18-12-8-7-11-17(18)20(26)24(21)15(2)16-9-5-4-6-10-16/h4-12,15H,3,13-14H2,1-2H3,(H,22,25)/t15-/m0/s1. The van der Waals surface area contributed by atoms with Crippen LogP contribution in [0, 0.1) is 0 Å². The summed E-state index contributed by atoms with van der Waals surface area (Å²) in [6, 6.07) is 17.0. The molecule has 0 saturated heterocycles. The van der Waals surface area contributed by atoms with Crippen LogP contribution in [0.1, 0.15) is 31.9 Å². The van der Waals surface area contributed by atoms with Gasteiger partial charge in [0, 0.05) is 6.54 Å². The van der Waals surface area contributed by atoms with Crippen molar-refractivity contribution in [1.82, 2.24) is 14.9 Å². The highest BCUT2D eigenvalue weighted by atomic mass is 32.2. The van der Waals surface area contributed by atoms with Crippen LogP contribution in [0.25, 0.3) is 10.9 Å². The Morgan fingerprint density at radius 2 is 1.85 bits per heavy atom. The number of aromatic nitrogens is 2. The van der Waals surface area contributed by atoms with Gasteiger partial charge in [-0.1, -0.05) is 61.2 Å². The van der Waals surface area contributed by atoms with Crippen LogP contribution in [0.4, 0.5) is 0 Å².